The summed E-state index contributed by atoms with van der Waals surface area (Å²) in [6.07, 6.45) is 0. The Bertz CT molecular complexity index is 1000. The number of thioether (sulfide) groups is 1. The van der Waals surface area contributed by atoms with Gasteiger partial charge < -0.3 is 0 Å². The van der Waals surface area contributed by atoms with E-state index in [4.69, 9.17) is 11.6 Å². The first-order valence-corrected chi connectivity index (χ1v) is 10.8. The predicted octanol–water partition coefficient (Wildman–Crippen LogP) is 5.74. The Kier molecular flexibility index (Phi) is 5.91. The van der Waals surface area contributed by atoms with Crippen molar-refractivity contribution in [3.63, 3.8) is 0 Å². The molecule has 3 nitrogen and oxygen atoms in total. The fourth-order valence-electron chi connectivity index (χ4n) is 2.39. The second-order valence-corrected chi connectivity index (χ2v) is 8.97. The molecule has 3 rings (SSSR count). The van der Waals surface area contributed by atoms with E-state index in [0.29, 0.717) is 16.5 Å². The molecule has 26 heavy (non-hydrogen) atoms. The minimum atomic E-state index is -3.63. The zero-order valence-electron chi connectivity index (χ0n) is 14.1. The lowest BCUT2D eigenvalue weighted by atomic mass is 10.2. The fourth-order valence-corrected chi connectivity index (χ4v) is 4.69. The summed E-state index contributed by atoms with van der Waals surface area (Å²) in [7, 11) is -3.63. The molecule has 0 spiro atoms. The van der Waals surface area contributed by atoms with Crippen molar-refractivity contribution in [1.29, 1.82) is 0 Å². The van der Waals surface area contributed by atoms with Gasteiger partial charge in [0.2, 0.25) is 0 Å². The summed E-state index contributed by atoms with van der Waals surface area (Å²) in [5, 5.41) is 0.691. The number of rotatable bonds is 6. The summed E-state index contributed by atoms with van der Waals surface area (Å²) >= 11 is 7.58. The van der Waals surface area contributed by atoms with E-state index >= 15 is 0 Å². The molecule has 3 aromatic carbocycles. The molecule has 1 N–H and O–H groups in total. The number of sulfonamides is 1. The van der Waals surface area contributed by atoms with Gasteiger partial charge in [0.25, 0.3) is 10.0 Å². The minimum Gasteiger partial charge on any atom is -0.278 e. The third-order valence-electron chi connectivity index (χ3n) is 3.75. The lowest BCUT2D eigenvalue weighted by molar-refractivity contribution is 0.601. The van der Waals surface area contributed by atoms with Gasteiger partial charge in [-0.25, -0.2) is 8.42 Å². The first-order chi connectivity index (χ1) is 12.4. The van der Waals surface area contributed by atoms with Crippen LogP contribution in [0.2, 0.25) is 5.02 Å². The van der Waals surface area contributed by atoms with Crippen molar-refractivity contribution >= 4 is 39.1 Å². The number of anilines is 1. The monoisotopic (exact) mass is 403 g/mol. The Hall–Kier alpha value is -1.95. The molecule has 6 heteroatoms. The molecule has 0 aromatic heterocycles. The van der Waals surface area contributed by atoms with Gasteiger partial charge >= 0.3 is 0 Å². The van der Waals surface area contributed by atoms with Crippen LogP contribution in [0.25, 0.3) is 0 Å². The number of para-hydroxylation sites is 1. The Labute approximate surface area is 163 Å². The molecule has 0 fully saturated rings. The van der Waals surface area contributed by atoms with Crippen LogP contribution in [0.4, 0.5) is 5.69 Å². The molecule has 0 heterocycles. The van der Waals surface area contributed by atoms with Crippen LogP contribution < -0.4 is 4.72 Å². The molecule has 0 saturated heterocycles. The Morgan fingerprint density at radius 1 is 0.962 bits per heavy atom. The quantitative estimate of drug-likeness (QED) is 0.533. The van der Waals surface area contributed by atoms with E-state index in [0.717, 1.165) is 16.0 Å². The van der Waals surface area contributed by atoms with Gasteiger partial charge in [0.15, 0.2) is 0 Å². The van der Waals surface area contributed by atoms with Crippen LogP contribution in [-0.4, -0.2) is 8.42 Å². The van der Waals surface area contributed by atoms with Crippen molar-refractivity contribution < 1.29 is 8.42 Å². The van der Waals surface area contributed by atoms with E-state index < -0.39 is 10.0 Å². The molecule has 0 bridgehead atoms. The maximum absolute atomic E-state index is 12.6. The van der Waals surface area contributed by atoms with E-state index in [2.05, 4.69) is 4.72 Å². The summed E-state index contributed by atoms with van der Waals surface area (Å²) in [5.74, 6) is 0.698. The fraction of sp³-hybridized carbons (Fsp3) is 0.100. The average molecular weight is 404 g/mol. The summed E-state index contributed by atoms with van der Waals surface area (Å²) in [6, 6.07) is 21.8. The SMILES string of the molecule is Cc1ccc(S(=O)(=O)Nc2ccccc2SCc2cccc(Cl)c2)cc1. The second-order valence-electron chi connectivity index (χ2n) is 5.83. The van der Waals surface area contributed by atoms with Crippen molar-refractivity contribution in [2.45, 2.75) is 22.5 Å². The Morgan fingerprint density at radius 2 is 1.69 bits per heavy atom. The maximum atomic E-state index is 12.6. The molecule has 0 radical (unpaired) electrons. The standard InChI is InChI=1S/C20H18ClNO2S2/c1-15-9-11-18(12-10-15)26(23,24)22-19-7-2-3-8-20(19)25-14-16-5-4-6-17(21)13-16/h2-13,22H,14H2,1H3. The van der Waals surface area contributed by atoms with E-state index in [-0.39, 0.29) is 4.90 Å². The number of halogens is 1. The van der Waals surface area contributed by atoms with Gasteiger partial charge in [0, 0.05) is 15.7 Å². The van der Waals surface area contributed by atoms with Gasteiger partial charge in [-0.3, -0.25) is 4.72 Å². The third-order valence-corrected chi connectivity index (χ3v) is 6.51. The Morgan fingerprint density at radius 3 is 2.42 bits per heavy atom. The first kappa shape index (κ1) is 18.8. The lowest BCUT2D eigenvalue weighted by Crippen LogP contribution is -2.13. The molecule has 0 amide bonds. The van der Waals surface area contributed by atoms with Crippen LogP contribution >= 0.6 is 23.4 Å². The van der Waals surface area contributed by atoms with Crippen LogP contribution in [0, 0.1) is 6.92 Å². The highest BCUT2D eigenvalue weighted by atomic mass is 35.5. The minimum absolute atomic E-state index is 0.248. The summed E-state index contributed by atoms with van der Waals surface area (Å²) < 4.78 is 28.0. The molecular weight excluding hydrogens is 386 g/mol. The van der Waals surface area contributed by atoms with Crippen molar-refractivity contribution in [2.24, 2.45) is 0 Å². The molecule has 0 aliphatic heterocycles. The second kappa shape index (κ2) is 8.16. The number of nitrogens with one attached hydrogen (secondary N) is 1. The molecule has 0 aliphatic carbocycles. The number of hydrogen-bond acceptors (Lipinski definition) is 3. The van der Waals surface area contributed by atoms with Crippen molar-refractivity contribution in [3.8, 4) is 0 Å². The van der Waals surface area contributed by atoms with E-state index in [1.165, 1.54) is 0 Å². The highest BCUT2D eigenvalue weighted by Crippen LogP contribution is 2.31. The zero-order chi connectivity index (χ0) is 18.6. The molecule has 134 valence electrons. The molecule has 3 aromatic rings. The van der Waals surface area contributed by atoms with Crippen LogP contribution in [-0.2, 0) is 15.8 Å². The van der Waals surface area contributed by atoms with Crippen LogP contribution in [0.5, 0.6) is 0 Å². The summed E-state index contributed by atoms with van der Waals surface area (Å²) in [4.78, 5) is 1.11. The van der Waals surface area contributed by atoms with Crippen LogP contribution in [0.3, 0.4) is 0 Å². The largest absolute Gasteiger partial charge is 0.278 e. The summed E-state index contributed by atoms with van der Waals surface area (Å²) in [6.45, 7) is 1.92. The molecule has 0 atom stereocenters. The molecular formula is C20H18ClNO2S2. The maximum Gasteiger partial charge on any atom is 0.261 e. The smallest absolute Gasteiger partial charge is 0.261 e. The van der Waals surface area contributed by atoms with Gasteiger partial charge in [-0.2, -0.15) is 0 Å². The molecule has 0 aliphatic rings. The zero-order valence-corrected chi connectivity index (χ0v) is 16.5. The van der Waals surface area contributed by atoms with Gasteiger partial charge in [-0.05, 0) is 48.9 Å². The van der Waals surface area contributed by atoms with Crippen molar-refractivity contribution in [2.75, 3.05) is 4.72 Å². The number of benzene rings is 3. The van der Waals surface area contributed by atoms with Gasteiger partial charge in [0.1, 0.15) is 0 Å². The molecule has 0 unspecified atom stereocenters. The average Bonchev–Trinajstić information content (AvgIpc) is 2.61. The topological polar surface area (TPSA) is 46.2 Å². The number of hydrogen-bond donors (Lipinski definition) is 1. The van der Waals surface area contributed by atoms with E-state index in [9.17, 15) is 8.42 Å². The molecule has 0 saturated carbocycles. The Balaban J connectivity index is 1.79. The highest BCUT2D eigenvalue weighted by molar-refractivity contribution is 7.98. The van der Waals surface area contributed by atoms with Gasteiger partial charge in [-0.15, -0.1) is 11.8 Å². The van der Waals surface area contributed by atoms with Crippen LogP contribution in [0.15, 0.2) is 82.6 Å². The van der Waals surface area contributed by atoms with E-state index in [1.54, 1.807) is 42.1 Å². The normalized spacial score (nSPS) is 11.3. The number of aryl methyl sites for hydroxylation is 1. The van der Waals surface area contributed by atoms with Gasteiger partial charge in [-0.1, -0.05) is 53.6 Å². The predicted molar refractivity (Wildman–Crippen MR) is 109 cm³/mol. The third kappa shape index (κ3) is 4.81. The van der Waals surface area contributed by atoms with Crippen LogP contribution in [0.1, 0.15) is 11.1 Å². The van der Waals surface area contributed by atoms with Crippen molar-refractivity contribution in [3.05, 3.63) is 88.9 Å². The highest BCUT2D eigenvalue weighted by Gasteiger charge is 2.16. The van der Waals surface area contributed by atoms with Crippen molar-refractivity contribution in [1.82, 2.24) is 0 Å². The lowest BCUT2D eigenvalue weighted by Gasteiger charge is -2.12. The van der Waals surface area contributed by atoms with Gasteiger partial charge in [0.05, 0.1) is 10.6 Å². The summed E-state index contributed by atoms with van der Waals surface area (Å²) in [5.41, 5.74) is 2.67. The first-order valence-electron chi connectivity index (χ1n) is 8.00. The van der Waals surface area contributed by atoms with E-state index in [1.807, 2.05) is 49.4 Å².